The van der Waals surface area contributed by atoms with Crippen LogP contribution >= 0.6 is 0 Å². The summed E-state index contributed by atoms with van der Waals surface area (Å²) < 4.78 is 0. The highest BCUT2D eigenvalue weighted by atomic mass is 14.9. The number of nitrogens with two attached hydrogens (primary N) is 1. The summed E-state index contributed by atoms with van der Waals surface area (Å²) in [5, 5.41) is 3.61. The maximum Gasteiger partial charge on any atom is 0.0375 e. The monoisotopic (exact) mass is 276 g/mol. The van der Waals surface area contributed by atoms with Crippen LogP contribution in [-0.4, -0.2) is 13.1 Å². The first kappa shape index (κ1) is 17.0. The second-order valence-corrected chi connectivity index (χ2v) is 6.78. The molecule has 1 aromatic carbocycles. The first-order chi connectivity index (χ1) is 9.36. The zero-order chi connectivity index (χ0) is 15.3. The van der Waals surface area contributed by atoms with E-state index in [0.717, 1.165) is 13.1 Å². The lowest BCUT2D eigenvalue weighted by Crippen LogP contribution is -2.27. The molecule has 0 fully saturated rings. The van der Waals surface area contributed by atoms with Crippen molar-refractivity contribution in [1.29, 1.82) is 0 Å². The van der Waals surface area contributed by atoms with Crippen LogP contribution in [0.15, 0.2) is 18.2 Å². The number of hydrogen-bond donors (Lipinski definition) is 2. The second kappa shape index (κ2) is 7.68. The van der Waals surface area contributed by atoms with Crippen LogP contribution in [0.1, 0.15) is 64.5 Å². The lowest BCUT2D eigenvalue weighted by molar-refractivity contribution is 0.413. The second-order valence-electron chi connectivity index (χ2n) is 6.78. The molecule has 1 aromatic rings. The fourth-order valence-electron chi connectivity index (χ4n) is 2.41. The Morgan fingerprint density at radius 3 is 2.10 bits per heavy atom. The van der Waals surface area contributed by atoms with Crippen molar-refractivity contribution >= 4 is 5.69 Å². The molecule has 2 heteroatoms. The van der Waals surface area contributed by atoms with E-state index in [9.17, 15) is 0 Å². The summed E-state index contributed by atoms with van der Waals surface area (Å²) in [6.45, 7) is 15.2. The highest BCUT2D eigenvalue weighted by Crippen LogP contribution is 2.28. The van der Waals surface area contributed by atoms with Crippen LogP contribution in [0, 0.1) is 11.8 Å². The van der Waals surface area contributed by atoms with Crippen LogP contribution in [0.2, 0.25) is 0 Å². The van der Waals surface area contributed by atoms with Crippen LogP contribution in [0.5, 0.6) is 0 Å². The van der Waals surface area contributed by atoms with Gasteiger partial charge in [0.2, 0.25) is 0 Å². The summed E-state index contributed by atoms with van der Waals surface area (Å²) in [6, 6.07) is 6.83. The predicted molar refractivity (Wildman–Crippen MR) is 90.5 cm³/mol. The molecule has 0 aromatic heterocycles. The average molecular weight is 276 g/mol. The van der Waals surface area contributed by atoms with Crippen molar-refractivity contribution in [3.63, 3.8) is 0 Å². The van der Waals surface area contributed by atoms with Gasteiger partial charge in [0.25, 0.3) is 0 Å². The Kier molecular flexibility index (Phi) is 6.54. The van der Waals surface area contributed by atoms with Crippen LogP contribution in [-0.2, 0) is 0 Å². The summed E-state index contributed by atoms with van der Waals surface area (Å²) in [6.07, 6.45) is 0. The van der Waals surface area contributed by atoms with Gasteiger partial charge in [-0.05, 0) is 47.4 Å². The van der Waals surface area contributed by atoms with Crippen molar-refractivity contribution in [3.8, 4) is 0 Å². The molecule has 2 nitrogen and oxygen atoms in total. The number of benzene rings is 1. The molecule has 0 bridgehead atoms. The number of nitrogens with one attached hydrogen (secondary N) is 1. The Bertz CT molecular complexity index is 408. The third-order valence-electron chi connectivity index (χ3n) is 4.16. The quantitative estimate of drug-likeness (QED) is 0.765. The largest absolute Gasteiger partial charge is 0.384 e. The minimum Gasteiger partial charge on any atom is -0.384 e. The van der Waals surface area contributed by atoms with E-state index in [4.69, 9.17) is 5.73 Å². The van der Waals surface area contributed by atoms with Crippen molar-refractivity contribution in [3.05, 3.63) is 29.3 Å². The minimum atomic E-state index is 0.528. The normalized spacial score (nSPS) is 13.3. The van der Waals surface area contributed by atoms with Crippen molar-refractivity contribution < 1.29 is 0 Å². The van der Waals surface area contributed by atoms with E-state index in [-0.39, 0.29) is 0 Å². The third-order valence-corrected chi connectivity index (χ3v) is 4.16. The molecule has 0 amide bonds. The lowest BCUT2D eigenvalue weighted by Gasteiger charge is -2.23. The van der Waals surface area contributed by atoms with E-state index in [1.807, 2.05) is 0 Å². The van der Waals surface area contributed by atoms with Crippen LogP contribution in [0.3, 0.4) is 0 Å². The van der Waals surface area contributed by atoms with Crippen molar-refractivity contribution in [2.45, 2.75) is 53.4 Å². The van der Waals surface area contributed by atoms with Gasteiger partial charge in [-0.1, -0.05) is 53.7 Å². The topological polar surface area (TPSA) is 38.0 Å². The molecule has 0 aliphatic rings. The van der Waals surface area contributed by atoms with Crippen LogP contribution < -0.4 is 11.1 Å². The van der Waals surface area contributed by atoms with Gasteiger partial charge in [0.05, 0.1) is 0 Å². The first-order valence-electron chi connectivity index (χ1n) is 7.94. The van der Waals surface area contributed by atoms with Crippen LogP contribution in [0.25, 0.3) is 0 Å². The van der Waals surface area contributed by atoms with Gasteiger partial charge >= 0.3 is 0 Å². The zero-order valence-electron chi connectivity index (χ0n) is 14.0. The lowest BCUT2D eigenvalue weighted by atomic mass is 9.93. The van der Waals surface area contributed by atoms with Crippen molar-refractivity contribution in [2.24, 2.45) is 17.6 Å². The molecular formula is C18H32N2. The summed E-state index contributed by atoms with van der Waals surface area (Å²) >= 11 is 0. The van der Waals surface area contributed by atoms with E-state index >= 15 is 0 Å². The molecule has 0 aliphatic heterocycles. The molecule has 114 valence electrons. The minimum absolute atomic E-state index is 0.528. The van der Waals surface area contributed by atoms with Gasteiger partial charge in [0.15, 0.2) is 0 Å². The highest BCUT2D eigenvalue weighted by molar-refractivity contribution is 5.54. The molecule has 0 saturated carbocycles. The Hall–Kier alpha value is -1.02. The first-order valence-corrected chi connectivity index (χ1v) is 7.94. The van der Waals surface area contributed by atoms with E-state index in [0.29, 0.717) is 23.7 Å². The van der Waals surface area contributed by atoms with Gasteiger partial charge < -0.3 is 11.1 Å². The van der Waals surface area contributed by atoms with Gasteiger partial charge in [-0.2, -0.15) is 0 Å². The van der Waals surface area contributed by atoms with E-state index in [1.54, 1.807) is 0 Å². The Labute approximate surface area is 125 Å². The fraction of sp³-hybridized carbons (Fsp3) is 0.667. The van der Waals surface area contributed by atoms with Gasteiger partial charge in [0.1, 0.15) is 0 Å². The molecule has 0 saturated heterocycles. The maximum atomic E-state index is 5.86. The summed E-state index contributed by atoms with van der Waals surface area (Å²) in [5.41, 5.74) is 9.95. The molecule has 1 unspecified atom stereocenters. The zero-order valence-corrected chi connectivity index (χ0v) is 14.0. The molecule has 1 rings (SSSR count). The van der Waals surface area contributed by atoms with E-state index in [2.05, 4.69) is 65.1 Å². The van der Waals surface area contributed by atoms with Gasteiger partial charge in [-0.25, -0.2) is 0 Å². The average Bonchev–Trinajstić information content (AvgIpc) is 2.38. The predicted octanol–water partition coefficient (Wildman–Crippen LogP) is 4.58. The molecular weight excluding hydrogens is 244 g/mol. The summed E-state index contributed by atoms with van der Waals surface area (Å²) in [4.78, 5) is 0. The summed E-state index contributed by atoms with van der Waals surface area (Å²) in [5.74, 6) is 2.25. The summed E-state index contributed by atoms with van der Waals surface area (Å²) in [7, 11) is 0. The molecule has 1 atom stereocenters. The Morgan fingerprint density at radius 2 is 1.65 bits per heavy atom. The maximum absolute atomic E-state index is 5.86. The third kappa shape index (κ3) is 4.52. The fourth-order valence-corrected chi connectivity index (χ4v) is 2.41. The molecule has 0 radical (unpaired) electrons. The molecule has 0 spiro atoms. The van der Waals surface area contributed by atoms with Gasteiger partial charge in [-0.15, -0.1) is 0 Å². The molecule has 0 heterocycles. The van der Waals surface area contributed by atoms with E-state index in [1.165, 1.54) is 16.8 Å². The highest BCUT2D eigenvalue weighted by Gasteiger charge is 2.14. The number of hydrogen-bond acceptors (Lipinski definition) is 2. The molecule has 20 heavy (non-hydrogen) atoms. The van der Waals surface area contributed by atoms with Crippen molar-refractivity contribution in [1.82, 2.24) is 0 Å². The molecule has 3 N–H and O–H groups in total. The SMILES string of the molecule is CC(C)c1ccc(NCC(CN)C(C)C)c(C(C)C)c1. The number of anilines is 1. The number of rotatable bonds is 7. The van der Waals surface area contributed by atoms with E-state index < -0.39 is 0 Å². The Morgan fingerprint density at radius 1 is 1.00 bits per heavy atom. The smallest absolute Gasteiger partial charge is 0.0375 e. The van der Waals surface area contributed by atoms with Gasteiger partial charge in [0, 0.05) is 12.2 Å². The molecule has 0 aliphatic carbocycles. The van der Waals surface area contributed by atoms with Crippen molar-refractivity contribution in [2.75, 3.05) is 18.4 Å². The standard InChI is InChI=1S/C18H32N2/c1-12(2)15-7-8-18(17(9-15)14(5)6)20-11-16(10-19)13(3)4/h7-9,12-14,16,20H,10-11,19H2,1-6H3. The Balaban J connectivity index is 2.89. The van der Waals surface area contributed by atoms with Crippen LogP contribution in [0.4, 0.5) is 5.69 Å². The van der Waals surface area contributed by atoms with Gasteiger partial charge in [-0.3, -0.25) is 0 Å².